The third kappa shape index (κ3) is 24.1. The number of likely N-dealkylation sites (N-methyl/N-ethyl adjacent to an activating group) is 6. The third-order valence-corrected chi connectivity index (χ3v) is 21.3. The minimum Gasteiger partial charge on any atom is -0.391 e. The molecule has 6 rings (SSSR count). The van der Waals surface area contributed by atoms with Crippen molar-refractivity contribution < 1.29 is 76.2 Å². The van der Waals surface area contributed by atoms with Crippen molar-refractivity contribution >= 4 is 82.5 Å². The van der Waals surface area contributed by atoms with Crippen LogP contribution in [0, 0.1) is 23.7 Å². The fourth-order valence-electron chi connectivity index (χ4n) is 14.6. The largest absolute Gasteiger partial charge is 0.391 e. The Hall–Kier alpha value is -7.89. The summed E-state index contributed by atoms with van der Waals surface area (Å²) in [4.78, 5) is 194. The molecule has 4 saturated heterocycles. The monoisotopic (exact) mass is 1540 g/mol. The molecule has 30 heteroatoms. The van der Waals surface area contributed by atoms with Gasteiger partial charge in [0.05, 0.1) is 31.3 Å². The molecule has 2 aromatic rings. The first kappa shape index (κ1) is 89.0. The molecule has 12 amide bonds. The molecule has 27 nitrogen and oxygen atoms in total. The number of hydrogen-bond acceptors (Lipinski definition) is 15. The van der Waals surface area contributed by atoms with E-state index >= 15 is 43.2 Å². The molecular weight excluding hydrogens is 1420 g/mol. The maximum absolute atomic E-state index is 15.8. The zero-order valence-corrected chi connectivity index (χ0v) is 67.3. The van der Waals surface area contributed by atoms with Crippen LogP contribution in [-0.2, 0) is 75.1 Å². The van der Waals surface area contributed by atoms with E-state index in [2.05, 4.69) is 21.3 Å². The maximum atomic E-state index is 15.8. The Balaban J connectivity index is 1.54. The number of carbonyl (C=O) groups is 12. The van der Waals surface area contributed by atoms with E-state index in [4.69, 9.17) is 16.3 Å². The maximum Gasteiger partial charge on any atom is 0.250 e. The van der Waals surface area contributed by atoms with Crippen LogP contribution < -0.4 is 21.3 Å². The molecule has 0 spiro atoms. The average Bonchev–Trinajstić information content (AvgIpc) is 1.60. The fraction of sp³-hybridized carbons (Fsp3) is 0.692. The van der Waals surface area contributed by atoms with Crippen LogP contribution in [0.5, 0.6) is 0 Å². The van der Waals surface area contributed by atoms with Gasteiger partial charge in [0, 0.05) is 112 Å². The topological polar surface area (TPSA) is 312 Å². The lowest BCUT2D eigenvalue weighted by Gasteiger charge is -2.38. The number of nitrogens with one attached hydrogen (secondary N) is 4. The van der Waals surface area contributed by atoms with Crippen LogP contribution in [0.2, 0.25) is 5.02 Å². The summed E-state index contributed by atoms with van der Waals surface area (Å²) in [6.07, 6.45) is -1.64. The number of carbonyl (C=O) groups excluding carboxylic acids is 12. The van der Waals surface area contributed by atoms with E-state index in [1.165, 1.54) is 63.9 Å². The molecule has 108 heavy (non-hydrogen) atoms. The first-order chi connectivity index (χ1) is 50.4. The van der Waals surface area contributed by atoms with E-state index in [9.17, 15) is 28.3 Å². The molecule has 0 radical (unpaired) electrons. The van der Waals surface area contributed by atoms with Gasteiger partial charge in [0.25, 0.3) is 5.92 Å². The van der Waals surface area contributed by atoms with Crippen molar-refractivity contribution in [3.05, 3.63) is 70.7 Å². The van der Waals surface area contributed by atoms with Crippen molar-refractivity contribution in [2.24, 2.45) is 23.7 Å². The Morgan fingerprint density at radius 2 is 1.12 bits per heavy atom. The third-order valence-electron chi connectivity index (χ3n) is 21.1. The predicted octanol–water partition coefficient (Wildman–Crippen LogP) is 4.37. The van der Waals surface area contributed by atoms with E-state index in [-0.39, 0.29) is 76.7 Å². The second-order valence-electron chi connectivity index (χ2n) is 32.5. The number of hydrogen-bond donors (Lipinski definition) is 5. The number of rotatable bonds is 15. The number of ether oxygens (including phenoxy) is 1. The number of nitrogens with zero attached hydrogens (tertiary/aromatic N) is 9. The number of benzene rings is 2. The molecule has 0 saturated carbocycles. The second kappa shape index (κ2) is 39.1. The highest BCUT2D eigenvalue weighted by Crippen LogP contribution is 2.34. The summed E-state index contributed by atoms with van der Waals surface area (Å²) in [6.45, 7) is 19.5. The predicted molar refractivity (Wildman–Crippen MR) is 404 cm³/mol. The first-order valence-electron chi connectivity index (χ1n) is 38.0. The summed E-state index contributed by atoms with van der Waals surface area (Å²) in [6, 6.07) is 0.107. The number of aliphatic hydroxyl groups is 1. The van der Waals surface area contributed by atoms with Crippen molar-refractivity contribution in [3.63, 3.8) is 0 Å². The lowest BCUT2D eigenvalue weighted by atomic mass is 9.96. The van der Waals surface area contributed by atoms with Crippen molar-refractivity contribution in [2.75, 3.05) is 88.2 Å². The van der Waals surface area contributed by atoms with Crippen molar-refractivity contribution in [1.29, 1.82) is 0 Å². The molecule has 5 N–H and O–H groups in total. The summed E-state index contributed by atoms with van der Waals surface area (Å²) < 4.78 is 36.1. The Morgan fingerprint density at radius 1 is 0.583 bits per heavy atom. The lowest BCUT2D eigenvalue weighted by molar-refractivity contribution is -0.152. The van der Waals surface area contributed by atoms with Gasteiger partial charge in [-0.25, -0.2) is 8.78 Å². The summed E-state index contributed by atoms with van der Waals surface area (Å²) in [7, 11) is 8.12. The standard InChI is InChI=1S/C78H120ClF2N13O14/c1-46(2)36-57-67(98)83-56(45-108-77(10,11)12)71(102)90(17)60(39-51-26-21-19-22-27-51)73(104)88(15)58(37-47(3)4)68(99)82-55(72(103)93-32-23-20-24-33-93)42-62(96)94-43-54(92-34-30-78(80,81)31-35-92)41-61(94)74(105)89(16)59(40-52-28-25-29-53(79)38-52)69(100)84-64(48(5)6)76(107)91(18)66(49(7)8)70(101)85-65(50(9)95)75(106)86(13)44-63(97)87(57)14/h19,21-22,25-29,38,46-50,54-61,64-66,95H,20,23-24,30-37,39-45H2,1-18H3,(H,82,99)(H,83,98)(H,84,100)(H,85,101)/t50-,54-,55+,56+,57+,58+,59+,60+,61+,64+,65+,66+/m1/s1. The van der Waals surface area contributed by atoms with Gasteiger partial charge in [-0.05, 0) is 113 Å². The average molecular weight is 1540 g/mol. The quantitative estimate of drug-likeness (QED) is 0.165. The van der Waals surface area contributed by atoms with Gasteiger partial charge in [-0.2, -0.15) is 0 Å². The normalized spacial score (nSPS) is 27.0. The summed E-state index contributed by atoms with van der Waals surface area (Å²) in [5.41, 5.74) is 0.200. The SMILES string of the molecule is CC(C)C[C@H]1C(=O)N[C@@H](COC(C)(C)C)C(=O)N(C)[C@@H](Cc2ccccc2)C(=O)N(C)[C@@H](CC(C)C)C(=O)N[C@H](C(=O)N2CCCCC2)CC(=O)N2C[C@H](N3CCC(F)(F)CC3)C[C@H]2C(=O)N(C)[C@@H](Cc2cccc(Cl)c2)C(=O)N[C@@H](C(C)C)C(=O)N(C)[C@@H](C(C)C)C(=O)N[C@@H]([C@@H](C)O)C(=O)N(C)CC(=O)N1C. The number of fused-ring (bicyclic) bond motifs is 1. The molecule has 0 aliphatic carbocycles. The molecule has 4 heterocycles. The molecule has 0 bridgehead atoms. The van der Waals surface area contributed by atoms with Crippen molar-refractivity contribution in [2.45, 2.75) is 238 Å². The Bertz CT molecular complexity index is 3470. The van der Waals surface area contributed by atoms with Gasteiger partial charge < -0.3 is 70.3 Å². The molecule has 4 aliphatic rings. The van der Waals surface area contributed by atoms with Crippen LogP contribution in [0.25, 0.3) is 0 Å². The molecule has 0 unspecified atom stereocenters. The number of likely N-dealkylation sites (tertiary alicyclic amines) is 2. The molecule has 4 fully saturated rings. The van der Waals surface area contributed by atoms with Gasteiger partial charge in [-0.15, -0.1) is 0 Å². The number of halogens is 3. The number of amides is 12. The van der Waals surface area contributed by atoms with Crippen LogP contribution >= 0.6 is 11.6 Å². The van der Waals surface area contributed by atoms with E-state index in [0.717, 1.165) is 26.0 Å². The molecule has 0 aromatic heterocycles. The van der Waals surface area contributed by atoms with E-state index < -0.39 is 199 Å². The Kier molecular flexibility index (Phi) is 32.3. The highest BCUT2D eigenvalue weighted by Gasteiger charge is 2.49. The van der Waals surface area contributed by atoms with Gasteiger partial charge in [0.1, 0.15) is 60.4 Å². The summed E-state index contributed by atoms with van der Waals surface area (Å²) >= 11 is 6.54. The van der Waals surface area contributed by atoms with Crippen molar-refractivity contribution in [1.82, 2.24) is 65.4 Å². The second-order valence-corrected chi connectivity index (χ2v) is 32.9. The van der Waals surface area contributed by atoms with Gasteiger partial charge in [0.2, 0.25) is 70.9 Å². The molecule has 12 atom stereocenters. The molecule has 602 valence electrons. The van der Waals surface area contributed by atoms with Gasteiger partial charge >= 0.3 is 0 Å². The van der Waals surface area contributed by atoms with Crippen LogP contribution in [0.3, 0.4) is 0 Å². The fourth-order valence-corrected chi connectivity index (χ4v) is 14.8. The summed E-state index contributed by atoms with van der Waals surface area (Å²) in [5.74, 6) is -14.4. The van der Waals surface area contributed by atoms with Gasteiger partial charge in [-0.3, -0.25) is 62.4 Å². The molecule has 2 aromatic carbocycles. The minimum absolute atomic E-state index is 0.00235. The van der Waals surface area contributed by atoms with Crippen molar-refractivity contribution in [3.8, 4) is 0 Å². The van der Waals surface area contributed by atoms with E-state index in [0.29, 0.717) is 29.0 Å². The van der Waals surface area contributed by atoms with Gasteiger partial charge in [-0.1, -0.05) is 109 Å². The van der Waals surface area contributed by atoms with E-state index in [1.807, 2.05) is 27.7 Å². The smallest absolute Gasteiger partial charge is 0.250 e. The van der Waals surface area contributed by atoms with Crippen LogP contribution in [-0.4, -0.2) is 292 Å². The molecular formula is C78H120ClF2N13O14. The van der Waals surface area contributed by atoms with Crippen LogP contribution in [0.4, 0.5) is 8.78 Å². The van der Waals surface area contributed by atoms with E-state index in [1.54, 1.807) is 113 Å². The number of aliphatic hydroxyl groups excluding tert-OH is 1. The number of alkyl halides is 2. The van der Waals surface area contributed by atoms with Gasteiger partial charge in [0.15, 0.2) is 0 Å². The Labute approximate surface area is 641 Å². The lowest BCUT2D eigenvalue weighted by Crippen LogP contribution is -2.63. The van der Waals surface area contributed by atoms with Crippen LogP contribution in [0.1, 0.15) is 152 Å². The minimum atomic E-state index is -2.97. The summed E-state index contributed by atoms with van der Waals surface area (Å²) in [5, 5.41) is 22.7. The highest BCUT2D eigenvalue weighted by atomic mass is 35.5. The first-order valence-corrected chi connectivity index (χ1v) is 38.4. The Morgan fingerprint density at radius 3 is 1.68 bits per heavy atom. The van der Waals surface area contributed by atoms with Crippen LogP contribution in [0.15, 0.2) is 54.6 Å². The highest BCUT2D eigenvalue weighted by molar-refractivity contribution is 6.30. The number of piperidine rings is 2. The zero-order chi connectivity index (χ0) is 80.7. The molecule has 4 aliphatic heterocycles. The zero-order valence-electron chi connectivity index (χ0n) is 66.6.